The minimum Gasteiger partial charge on any atom is -0.494 e. The maximum Gasteiger partial charge on any atom is 0.325 e. The van der Waals surface area contributed by atoms with Crippen LogP contribution in [-0.2, 0) is 9.59 Å². The summed E-state index contributed by atoms with van der Waals surface area (Å²) in [5.41, 5.74) is -0.0873. The summed E-state index contributed by atoms with van der Waals surface area (Å²) in [6, 6.07) is 3.81. The number of halogens is 1. The fourth-order valence-electron chi connectivity index (χ4n) is 3.94. The fourth-order valence-corrected chi connectivity index (χ4v) is 3.94. The lowest BCUT2D eigenvalue weighted by molar-refractivity contribution is -0.131. The Morgan fingerprint density at radius 2 is 2.07 bits per heavy atom. The topological polar surface area (TPSA) is 87.7 Å². The molecule has 1 spiro atoms. The summed E-state index contributed by atoms with van der Waals surface area (Å²) in [5, 5.41) is 5.63. The molecule has 152 valence electrons. The maximum atomic E-state index is 13.8. The molecule has 1 saturated heterocycles. The van der Waals surface area contributed by atoms with Crippen LogP contribution < -0.4 is 15.4 Å². The van der Waals surface area contributed by atoms with Gasteiger partial charge in [-0.1, -0.05) is 18.9 Å². The van der Waals surface area contributed by atoms with E-state index in [4.69, 9.17) is 4.74 Å². The first-order valence-electron chi connectivity index (χ1n) is 9.63. The Morgan fingerprint density at radius 1 is 1.36 bits per heavy atom. The van der Waals surface area contributed by atoms with Gasteiger partial charge in [-0.05, 0) is 43.9 Å². The van der Waals surface area contributed by atoms with E-state index in [1.165, 1.54) is 24.1 Å². The Labute approximate surface area is 163 Å². The van der Waals surface area contributed by atoms with E-state index in [-0.39, 0.29) is 42.6 Å². The zero-order valence-corrected chi connectivity index (χ0v) is 16.2. The molecule has 7 nitrogen and oxygen atoms in total. The van der Waals surface area contributed by atoms with Gasteiger partial charge in [0.05, 0.1) is 13.2 Å². The van der Waals surface area contributed by atoms with Gasteiger partial charge in [-0.2, -0.15) is 0 Å². The average Bonchev–Trinajstić information content (AvgIpc) is 3.22. The lowest BCUT2D eigenvalue weighted by atomic mass is 9.98. The van der Waals surface area contributed by atoms with Crippen molar-refractivity contribution in [2.75, 3.05) is 13.7 Å². The molecule has 2 aliphatic rings. The van der Waals surface area contributed by atoms with Crippen LogP contribution in [0.15, 0.2) is 18.2 Å². The quantitative estimate of drug-likeness (QED) is 0.700. The molecule has 2 N–H and O–H groups in total. The second kappa shape index (κ2) is 8.16. The number of amides is 4. The number of ether oxygens (including phenoxy) is 1. The number of benzene rings is 1. The third-order valence-electron chi connectivity index (χ3n) is 5.54. The van der Waals surface area contributed by atoms with Gasteiger partial charge in [0.2, 0.25) is 5.91 Å². The number of nitrogens with one attached hydrogen (secondary N) is 2. The van der Waals surface area contributed by atoms with Crippen LogP contribution in [0.3, 0.4) is 0 Å². The molecule has 1 aliphatic heterocycles. The van der Waals surface area contributed by atoms with E-state index < -0.39 is 11.4 Å². The lowest BCUT2D eigenvalue weighted by Gasteiger charge is -2.20. The normalized spacial score (nSPS) is 19.0. The van der Waals surface area contributed by atoms with Gasteiger partial charge in [0.1, 0.15) is 5.54 Å². The Kier molecular flexibility index (Phi) is 5.86. The molecule has 1 aromatic carbocycles. The first-order chi connectivity index (χ1) is 13.4. The van der Waals surface area contributed by atoms with E-state index in [1.807, 2.05) is 0 Å². The van der Waals surface area contributed by atoms with E-state index >= 15 is 0 Å². The predicted octanol–water partition coefficient (Wildman–Crippen LogP) is 2.66. The van der Waals surface area contributed by atoms with Gasteiger partial charge in [0, 0.05) is 13.0 Å². The minimum absolute atomic E-state index is 0.149. The van der Waals surface area contributed by atoms with Gasteiger partial charge in [-0.15, -0.1) is 0 Å². The zero-order valence-electron chi connectivity index (χ0n) is 16.2. The highest BCUT2D eigenvalue weighted by Crippen LogP contribution is 2.35. The summed E-state index contributed by atoms with van der Waals surface area (Å²) in [5.74, 6) is -0.722. The highest BCUT2D eigenvalue weighted by atomic mass is 19.1. The Hall–Kier alpha value is -2.64. The molecule has 2 fully saturated rings. The van der Waals surface area contributed by atoms with Crippen molar-refractivity contribution in [2.24, 2.45) is 0 Å². The van der Waals surface area contributed by atoms with Gasteiger partial charge in [0.25, 0.3) is 5.91 Å². The molecule has 1 saturated carbocycles. The van der Waals surface area contributed by atoms with Gasteiger partial charge in [0.15, 0.2) is 11.6 Å². The third-order valence-corrected chi connectivity index (χ3v) is 5.54. The number of carbonyl (C=O) groups excluding carboxylic acids is 3. The summed E-state index contributed by atoms with van der Waals surface area (Å²) in [6.45, 7) is 1.98. The van der Waals surface area contributed by atoms with Crippen LogP contribution in [0.2, 0.25) is 0 Å². The van der Waals surface area contributed by atoms with Crippen molar-refractivity contribution < 1.29 is 23.5 Å². The minimum atomic E-state index is -0.716. The number of urea groups is 1. The summed E-state index contributed by atoms with van der Waals surface area (Å²) in [6.07, 6.45) is 3.80. The van der Waals surface area contributed by atoms with Crippen LogP contribution in [0.4, 0.5) is 9.18 Å². The summed E-state index contributed by atoms with van der Waals surface area (Å²) in [7, 11) is 1.39. The number of hydrogen-bond acceptors (Lipinski definition) is 4. The summed E-state index contributed by atoms with van der Waals surface area (Å²) in [4.78, 5) is 38.1. The number of methoxy groups -OCH3 is 1. The number of nitrogens with zero attached hydrogens (tertiary/aromatic N) is 1. The first-order valence-corrected chi connectivity index (χ1v) is 9.63. The smallest absolute Gasteiger partial charge is 0.325 e. The molecule has 1 atom stereocenters. The Bertz CT molecular complexity index is 777. The van der Waals surface area contributed by atoms with Crippen LogP contribution in [0.25, 0.3) is 0 Å². The fraction of sp³-hybridized carbons (Fsp3) is 0.550. The van der Waals surface area contributed by atoms with Crippen LogP contribution in [0, 0.1) is 5.82 Å². The average molecular weight is 391 g/mol. The number of rotatable bonds is 7. The van der Waals surface area contributed by atoms with Crippen LogP contribution >= 0.6 is 0 Å². The first kappa shape index (κ1) is 20.1. The molecule has 1 heterocycles. The van der Waals surface area contributed by atoms with Crippen molar-refractivity contribution in [1.82, 2.24) is 15.5 Å². The highest BCUT2D eigenvalue weighted by Gasteiger charge is 2.52. The molecular weight excluding hydrogens is 365 g/mol. The Morgan fingerprint density at radius 3 is 2.71 bits per heavy atom. The molecule has 1 aromatic rings. The molecule has 4 amide bonds. The summed E-state index contributed by atoms with van der Waals surface area (Å²) < 4.78 is 18.7. The SMILES string of the molecule is COc1ccc(C(C)NC(=O)CCCN2C(=O)NC3(CCCC3)C2=O)cc1F. The van der Waals surface area contributed by atoms with E-state index in [9.17, 15) is 18.8 Å². The van der Waals surface area contributed by atoms with Gasteiger partial charge >= 0.3 is 6.03 Å². The molecule has 0 bridgehead atoms. The van der Waals surface area contributed by atoms with Crippen molar-refractivity contribution in [2.45, 2.75) is 57.0 Å². The second-order valence-electron chi connectivity index (χ2n) is 7.46. The monoisotopic (exact) mass is 391 g/mol. The van der Waals surface area contributed by atoms with E-state index in [0.29, 0.717) is 24.8 Å². The molecule has 0 aromatic heterocycles. The zero-order chi connectivity index (χ0) is 20.3. The highest BCUT2D eigenvalue weighted by molar-refractivity contribution is 6.07. The second-order valence-corrected chi connectivity index (χ2v) is 7.46. The maximum absolute atomic E-state index is 13.8. The molecule has 0 radical (unpaired) electrons. The largest absolute Gasteiger partial charge is 0.494 e. The van der Waals surface area contributed by atoms with E-state index in [0.717, 1.165) is 12.8 Å². The molecule has 1 aliphatic carbocycles. The van der Waals surface area contributed by atoms with Crippen molar-refractivity contribution in [3.8, 4) is 5.75 Å². The van der Waals surface area contributed by atoms with Crippen LogP contribution in [0.5, 0.6) is 5.75 Å². The standard InChI is InChI=1S/C20H26FN3O4/c1-13(14-7-8-16(28-2)15(21)12-14)22-17(25)6-5-11-24-18(26)20(23-19(24)27)9-3-4-10-20/h7-8,12-13H,3-6,9-11H2,1-2H3,(H,22,25)(H,23,27). The van der Waals surface area contributed by atoms with Crippen LogP contribution in [-0.4, -0.2) is 41.9 Å². The molecular formula is C20H26FN3O4. The number of hydrogen-bond donors (Lipinski definition) is 2. The van der Waals surface area contributed by atoms with Crippen molar-refractivity contribution in [3.05, 3.63) is 29.6 Å². The molecule has 8 heteroatoms. The number of carbonyl (C=O) groups is 3. The lowest BCUT2D eigenvalue weighted by Crippen LogP contribution is -2.44. The van der Waals surface area contributed by atoms with Crippen LogP contribution in [0.1, 0.15) is 57.1 Å². The molecule has 28 heavy (non-hydrogen) atoms. The Balaban J connectivity index is 1.47. The van der Waals surface area contributed by atoms with Gasteiger partial charge in [-0.3, -0.25) is 14.5 Å². The molecule has 1 unspecified atom stereocenters. The predicted molar refractivity (Wildman–Crippen MR) is 100 cm³/mol. The van der Waals surface area contributed by atoms with Crippen molar-refractivity contribution >= 4 is 17.8 Å². The van der Waals surface area contributed by atoms with Crippen molar-refractivity contribution in [1.29, 1.82) is 0 Å². The van der Waals surface area contributed by atoms with E-state index in [2.05, 4.69) is 10.6 Å². The van der Waals surface area contributed by atoms with Gasteiger partial charge in [-0.25, -0.2) is 9.18 Å². The summed E-state index contributed by atoms with van der Waals surface area (Å²) >= 11 is 0. The molecule has 3 rings (SSSR count). The number of imide groups is 1. The van der Waals surface area contributed by atoms with Gasteiger partial charge < -0.3 is 15.4 Å². The van der Waals surface area contributed by atoms with Crippen molar-refractivity contribution in [3.63, 3.8) is 0 Å². The van der Waals surface area contributed by atoms with E-state index in [1.54, 1.807) is 13.0 Å². The third kappa shape index (κ3) is 3.95.